The van der Waals surface area contributed by atoms with E-state index in [1.54, 1.807) is 0 Å². The molecule has 2 rings (SSSR count). The number of halogens is 3. The van der Waals surface area contributed by atoms with Gasteiger partial charge in [-0.1, -0.05) is 43.5 Å². The summed E-state index contributed by atoms with van der Waals surface area (Å²) in [6, 6.07) is 7.34. The molecule has 1 nitrogen and oxygen atoms in total. The van der Waals surface area contributed by atoms with Gasteiger partial charge in [0.1, 0.15) is 0 Å². The standard InChI is InChI=1S/C16H22F3N/c17-16(18,19)11-10-15(20)14-8-6-13(7-9-14)12-4-2-1-3-5-12/h6-9,12,15H,1-5,10-11,20H2. The van der Waals surface area contributed by atoms with Gasteiger partial charge in [0, 0.05) is 12.5 Å². The van der Waals surface area contributed by atoms with Gasteiger partial charge in [0.05, 0.1) is 0 Å². The molecule has 2 N–H and O–H groups in total. The van der Waals surface area contributed by atoms with Crippen molar-refractivity contribution in [2.45, 2.75) is 63.1 Å². The molecule has 1 fully saturated rings. The molecule has 1 unspecified atom stereocenters. The van der Waals surface area contributed by atoms with E-state index in [2.05, 4.69) is 0 Å². The monoisotopic (exact) mass is 285 g/mol. The molecule has 1 aromatic carbocycles. The van der Waals surface area contributed by atoms with Crippen LogP contribution < -0.4 is 5.73 Å². The molecule has 0 aromatic heterocycles. The molecule has 4 heteroatoms. The molecule has 1 aliphatic rings. The van der Waals surface area contributed by atoms with Crippen LogP contribution in [0, 0.1) is 0 Å². The summed E-state index contributed by atoms with van der Waals surface area (Å²) in [6.45, 7) is 0. The van der Waals surface area contributed by atoms with Gasteiger partial charge in [0.15, 0.2) is 0 Å². The number of rotatable bonds is 4. The van der Waals surface area contributed by atoms with Gasteiger partial charge in [-0.25, -0.2) is 0 Å². The lowest BCUT2D eigenvalue weighted by molar-refractivity contribution is -0.136. The topological polar surface area (TPSA) is 26.0 Å². The number of hydrogen-bond donors (Lipinski definition) is 1. The smallest absolute Gasteiger partial charge is 0.324 e. The summed E-state index contributed by atoms with van der Waals surface area (Å²) in [4.78, 5) is 0. The highest BCUT2D eigenvalue weighted by molar-refractivity contribution is 5.27. The third-order valence-corrected chi connectivity index (χ3v) is 4.18. The van der Waals surface area contributed by atoms with E-state index >= 15 is 0 Å². The number of hydrogen-bond acceptors (Lipinski definition) is 1. The Hall–Kier alpha value is -1.03. The fourth-order valence-electron chi connectivity index (χ4n) is 2.94. The van der Waals surface area contributed by atoms with E-state index in [-0.39, 0.29) is 6.42 Å². The van der Waals surface area contributed by atoms with Crippen LogP contribution in [0.5, 0.6) is 0 Å². The van der Waals surface area contributed by atoms with Gasteiger partial charge in [0.2, 0.25) is 0 Å². The van der Waals surface area contributed by atoms with Crippen molar-refractivity contribution in [2.75, 3.05) is 0 Å². The van der Waals surface area contributed by atoms with Crippen LogP contribution in [0.3, 0.4) is 0 Å². The fourth-order valence-corrected chi connectivity index (χ4v) is 2.94. The third kappa shape index (κ3) is 4.51. The van der Waals surface area contributed by atoms with Crippen LogP contribution in [0.25, 0.3) is 0 Å². The Balaban J connectivity index is 1.93. The van der Waals surface area contributed by atoms with E-state index < -0.39 is 18.6 Å². The van der Waals surface area contributed by atoms with Gasteiger partial charge in [-0.05, 0) is 36.3 Å². The zero-order chi connectivity index (χ0) is 14.6. The fraction of sp³-hybridized carbons (Fsp3) is 0.625. The molecule has 1 saturated carbocycles. The number of alkyl halides is 3. The van der Waals surface area contributed by atoms with Gasteiger partial charge in [-0.15, -0.1) is 0 Å². The van der Waals surface area contributed by atoms with Gasteiger partial charge < -0.3 is 5.73 Å². The number of nitrogens with two attached hydrogens (primary N) is 1. The summed E-state index contributed by atoms with van der Waals surface area (Å²) in [5.74, 6) is 0.615. The minimum atomic E-state index is -4.13. The molecule has 1 atom stereocenters. The highest BCUT2D eigenvalue weighted by Crippen LogP contribution is 2.33. The van der Waals surface area contributed by atoms with Crippen LogP contribution in [-0.4, -0.2) is 6.18 Å². The third-order valence-electron chi connectivity index (χ3n) is 4.18. The molecule has 0 saturated heterocycles. The maximum absolute atomic E-state index is 12.2. The zero-order valence-electron chi connectivity index (χ0n) is 11.6. The lowest BCUT2D eigenvalue weighted by atomic mass is 9.83. The summed E-state index contributed by atoms with van der Waals surface area (Å²) >= 11 is 0. The van der Waals surface area contributed by atoms with Gasteiger partial charge >= 0.3 is 6.18 Å². The molecular weight excluding hydrogens is 263 g/mol. The van der Waals surface area contributed by atoms with E-state index in [9.17, 15) is 13.2 Å². The van der Waals surface area contributed by atoms with E-state index in [0.29, 0.717) is 5.92 Å². The lowest BCUT2D eigenvalue weighted by Gasteiger charge is -2.22. The predicted octanol–water partition coefficient (Wildman–Crippen LogP) is 5.08. The molecule has 0 spiro atoms. The van der Waals surface area contributed by atoms with Gasteiger partial charge in [-0.2, -0.15) is 13.2 Å². The molecule has 0 bridgehead atoms. The summed E-state index contributed by atoms with van der Waals surface area (Å²) in [7, 11) is 0. The van der Waals surface area contributed by atoms with Crippen LogP contribution in [0.1, 0.15) is 68.0 Å². The molecule has 0 amide bonds. The Morgan fingerprint density at radius 3 is 2.20 bits per heavy atom. The second-order valence-electron chi connectivity index (χ2n) is 5.76. The average Bonchev–Trinajstić information content (AvgIpc) is 2.45. The molecule has 0 aliphatic heterocycles. The molecular formula is C16H22F3N. The summed E-state index contributed by atoms with van der Waals surface area (Å²) in [5.41, 5.74) is 7.93. The first-order valence-corrected chi connectivity index (χ1v) is 7.38. The largest absolute Gasteiger partial charge is 0.389 e. The molecule has 0 heterocycles. The predicted molar refractivity (Wildman–Crippen MR) is 74.5 cm³/mol. The van der Waals surface area contributed by atoms with Crippen LogP contribution in [0.2, 0.25) is 0 Å². The van der Waals surface area contributed by atoms with E-state index in [0.717, 1.165) is 5.56 Å². The highest BCUT2D eigenvalue weighted by atomic mass is 19.4. The number of benzene rings is 1. The Labute approximate surface area is 118 Å². The minimum absolute atomic E-state index is 0.0493. The zero-order valence-corrected chi connectivity index (χ0v) is 11.6. The van der Waals surface area contributed by atoms with Crippen molar-refractivity contribution in [2.24, 2.45) is 5.73 Å². The average molecular weight is 285 g/mol. The van der Waals surface area contributed by atoms with Crippen molar-refractivity contribution in [1.82, 2.24) is 0 Å². The maximum Gasteiger partial charge on any atom is 0.389 e. The highest BCUT2D eigenvalue weighted by Gasteiger charge is 2.27. The first-order chi connectivity index (χ1) is 9.46. The van der Waals surface area contributed by atoms with Crippen LogP contribution in [0.4, 0.5) is 13.2 Å². The van der Waals surface area contributed by atoms with Crippen molar-refractivity contribution >= 4 is 0 Å². The molecule has 1 aliphatic carbocycles. The molecule has 20 heavy (non-hydrogen) atoms. The summed E-state index contributed by atoms with van der Waals surface area (Å²) in [5, 5.41) is 0. The SMILES string of the molecule is NC(CCC(F)(F)F)c1ccc(C2CCCCC2)cc1. The van der Waals surface area contributed by atoms with Gasteiger partial charge in [-0.3, -0.25) is 0 Å². The van der Waals surface area contributed by atoms with E-state index in [4.69, 9.17) is 5.73 Å². The molecule has 112 valence electrons. The van der Waals surface area contributed by atoms with Crippen molar-refractivity contribution in [3.63, 3.8) is 0 Å². The summed E-state index contributed by atoms with van der Waals surface area (Å²) < 4.78 is 36.5. The summed E-state index contributed by atoms with van der Waals surface area (Å²) in [6.07, 6.45) is 1.31. The molecule has 1 aromatic rings. The quantitative estimate of drug-likeness (QED) is 0.820. The van der Waals surface area contributed by atoms with Crippen molar-refractivity contribution in [1.29, 1.82) is 0 Å². The first-order valence-electron chi connectivity index (χ1n) is 7.38. The Kier molecular flexibility index (Phi) is 5.08. The normalized spacial score (nSPS) is 19.0. The maximum atomic E-state index is 12.2. The van der Waals surface area contributed by atoms with Crippen molar-refractivity contribution < 1.29 is 13.2 Å². The Morgan fingerprint density at radius 2 is 1.65 bits per heavy atom. The van der Waals surface area contributed by atoms with Crippen LogP contribution >= 0.6 is 0 Å². The van der Waals surface area contributed by atoms with E-state index in [1.807, 2.05) is 24.3 Å². The first kappa shape index (κ1) is 15.4. The second kappa shape index (κ2) is 6.61. The minimum Gasteiger partial charge on any atom is -0.324 e. The van der Waals surface area contributed by atoms with Crippen LogP contribution in [0.15, 0.2) is 24.3 Å². The Bertz CT molecular complexity index is 405. The van der Waals surface area contributed by atoms with Crippen molar-refractivity contribution in [3.8, 4) is 0 Å². The molecule has 0 radical (unpaired) electrons. The second-order valence-corrected chi connectivity index (χ2v) is 5.76. The van der Waals surface area contributed by atoms with Crippen molar-refractivity contribution in [3.05, 3.63) is 35.4 Å². The van der Waals surface area contributed by atoms with Gasteiger partial charge in [0.25, 0.3) is 0 Å². The Morgan fingerprint density at radius 1 is 1.05 bits per heavy atom. The van der Waals surface area contributed by atoms with Crippen LogP contribution in [-0.2, 0) is 0 Å². The lowest BCUT2D eigenvalue weighted by Crippen LogP contribution is -2.16. The van der Waals surface area contributed by atoms with E-state index in [1.165, 1.54) is 37.7 Å².